The van der Waals surface area contributed by atoms with Crippen LogP contribution >= 0.6 is 0 Å². The number of carbonyl (C=O) groups excluding carboxylic acids is 2. The molecule has 1 atom stereocenters. The third-order valence-electron chi connectivity index (χ3n) is 4.26. The first-order valence-corrected chi connectivity index (χ1v) is 7.81. The van der Waals surface area contributed by atoms with Crippen molar-refractivity contribution in [2.24, 2.45) is 5.92 Å². The molecule has 2 rings (SSSR count). The summed E-state index contributed by atoms with van der Waals surface area (Å²) in [7, 11) is 1.47. The lowest BCUT2D eigenvalue weighted by molar-refractivity contribution is -0.145. The number of aliphatic carboxylic acids is 1. The maximum atomic E-state index is 13.6. The second-order valence-corrected chi connectivity index (χ2v) is 6.14. The highest BCUT2D eigenvalue weighted by Gasteiger charge is 2.29. The number of piperidine rings is 1. The summed E-state index contributed by atoms with van der Waals surface area (Å²) in [6.07, 6.45) is 1.18. The van der Waals surface area contributed by atoms with Gasteiger partial charge >= 0.3 is 5.97 Å². The highest BCUT2D eigenvalue weighted by Crippen LogP contribution is 2.17. The summed E-state index contributed by atoms with van der Waals surface area (Å²) in [5.74, 6) is -2.69. The normalized spacial score (nSPS) is 17.5. The molecule has 2 amide bonds. The van der Waals surface area contributed by atoms with Crippen LogP contribution in [0.25, 0.3) is 0 Å². The van der Waals surface area contributed by atoms with E-state index in [9.17, 15) is 18.8 Å². The fraction of sp³-hybridized carbons (Fsp3) is 0.471. The largest absolute Gasteiger partial charge is 0.481 e. The summed E-state index contributed by atoms with van der Waals surface area (Å²) in [6, 6.07) is 4.18. The smallest absolute Gasteiger partial charge is 0.308 e. The number of nitrogens with zero attached hydrogens (tertiary/aromatic N) is 2. The van der Waals surface area contributed by atoms with Crippen molar-refractivity contribution >= 4 is 17.8 Å². The molecule has 0 spiro atoms. The van der Waals surface area contributed by atoms with Gasteiger partial charge in [0.2, 0.25) is 5.91 Å². The van der Waals surface area contributed by atoms with Crippen LogP contribution in [-0.2, 0) is 9.59 Å². The molecule has 1 aromatic carbocycles. The van der Waals surface area contributed by atoms with Gasteiger partial charge in [0, 0.05) is 25.7 Å². The van der Waals surface area contributed by atoms with Crippen LogP contribution in [0.4, 0.5) is 4.39 Å². The topological polar surface area (TPSA) is 77.9 Å². The first-order chi connectivity index (χ1) is 11.3. The Morgan fingerprint density at radius 1 is 1.38 bits per heavy atom. The molecule has 1 saturated heterocycles. The van der Waals surface area contributed by atoms with Gasteiger partial charge in [-0.15, -0.1) is 0 Å². The molecule has 0 aromatic heterocycles. The van der Waals surface area contributed by atoms with E-state index < -0.39 is 23.6 Å². The molecule has 1 fully saturated rings. The Morgan fingerprint density at radius 2 is 2.08 bits per heavy atom. The number of halogens is 1. The van der Waals surface area contributed by atoms with Crippen LogP contribution in [0, 0.1) is 18.7 Å². The van der Waals surface area contributed by atoms with Crippen LogP contribution in [0.5, 0.6) is 0 Å². The maximum absolute atomic E-state index is 13.6. The number of hydrogen-bond acceptors (Lipinski definition) is 3. The fourth-order valence-corrected chi connectivity index (χ4v) is 2.73. The lowest BCUT2D eigenvalue weighted by atomic mass is 9.98. The summed E-state index contributed by atoms with van der Waals surface area (Å²) >= 11 is 0. The molecule has 0 bridgehead atoms. The molecule has 0 radical (unpaired) electrons. The van der Waals surface area contributed by atoms with Crippen LogP contribution in [0.3, 0.4) is 0 Å². The zero-order valence-electron chi connectivity index (χ0n) is 13.8. The van der Waals surface area contributed by atoms with Gasteiger partial charge in [-0.25, -0.2) is 4.39 Å². The lowest BCUT2D eigenvalue weighted by Crippen LogP contribution is -2.46. The minimum Gasteiger partial charge on any atom is -0.481 e. The number of rotatable bonds is 4. The Kier molecular flexibility index (Phi) is 5.54. The van der Waals surface area contributed by atoms with Crippen molar-refractivity contribution in [2.45, 2.75) is 19.8 Å². The lowest BCUT2D eigenvalue weighted by Gasteiger charge is -2.32. The van der Waals surface area contributed by atoms with Gasteiger partial charge in [-0.1, -0.05) is 6.07 Å². The number of carboxylic acids is 1. The van der Waals surface area contributed by atoms with Crippen LogP contribution in [-0.4, -0.2) is 59.4 Å². The molecule has 0 saturated carbocycles. The van der Waals surface area contributed by atoms with Gasteiger partial charge in [0.1, 0.15) is 5.82 Å². The van der Waals surface area contributed by atoms with Crippen molar-refractivity contribution in [3.8, 4) is 0 Å². The third-order valence-corrected chi connectivity index (χ3v) is 4.26. The van der Waals surface area contributed by atoms with Crippen molar-refractivity contribution in [1.29, 1.82) is 0 Å². The monoisotopic (exact) mass is 336 g/mol. The van der Waals surface area contributed by atoms with E-state index in [1.54, 1.807) is 6.92 Å². The number of likely N-dealkylation sites (tertiary alicyclic amines) is 1. The summed E-state index contributed by atoms with van der Waals surface area (Å²) < 4.78 is 13.6. The Morgan fingerprint density at radius 3 is 2.71 bits per heavy atom. The number of amides is 2. The van der Waals surface area contributed by atoms with Crippen molar-refractivity contribution in [2.75, 3.05) is 26.7 Å². The van der Waals surface area contributed by atoms with E-state index in [1.165, 1.54) is 29.0 Å². The average molecular weight is 336 g/mol. The average Bonchev–Trinajstić information content (AvgIpc) is 2.56. The summed E-state index contributed by atoms with van der Waals surface area (Å²) in [5, 5.41) is 9.07. The van der Waals surface area contributed by atoms with Gasteiger partial charge in [-0.05, 0) is 37.5 Å². The SMILES string of the molecule is Cc1ccc(C(=O)N(C)CC(=O)N2CCCC(C(=O)O)C2)cc1F. The minimum atomic E-state index is -0.910. The Labute approximate surface area is 139 Å². The minimum absolute atomic E-state index is 0.162. The number of aryl methyl sites for hydroxylation is 1. The van der Waals surface area contributed by atoms with E-state index in [1.807, 2.05) is 0 Å². The molecule has 6 nitrogen and oxygen atoms in total. The van der Waals surface area contributed by atoms with Crippen molar-refractivity contribution < 1.29 is 23.9 Å². The van der Waals surface area contributed by atoms with E-state index in [0.717, 1.165) is 6.07 Å². The van der Waals surface area contributed by atoms with Crippen molar-refractivity contribution in [3.05, 3.63) is 35.1 Å². The van der Waals surface area contributed by atoms with E-state index in [0.29, 0.717) is 24.9 Å². The zero-order valence-corrected chi connectivity index (χ0v) is 13.8. The van der Waals surface area contributed by atoms with Crippen LogP contribution in [0.2, 0.25) is 0 Å². The van der Waals surface area contributed by atoms with E-state index in [-0.39, 0.29) is 24.6 Å². The first-order valence-electron chi connectivity index (χ1n) is 7.81. The second kappa shape index (κ2) is 7.42. The molecular formula is C17H21FN2O4. The van der Waals surface area contributed by atoms with Crippen molar-refractivity contribution in [3.63, 3.8) is 0 Å². The quantitative estimate of drug-likeness (QED) is 0.904. The van der Waals surface area contributed by atoms with Crippen LogP contribution in [0.15, 0.2) is 18.2 Å². The second-order valence-electron chi connectivity index (χ2n) is 6.14. The predicted octanol–water partition coefficient (Wildman–Crippen LogP) is 1.53. The number of carbonyl (C=O) groups is 3. The van der Waals surface area contributed by atoms with E-state index >= 15 is 0 Å². The fourth-order valence-electron chi connectivity index (χ4n) is 2.73. The zero-order chi connectivity index (χ0) is 17.9. The maximum Gasteiger partial charge on any atom is 0.308 e. The van der Waals surface area contributed by atoms with Gasteiger partial charge in [-0.2, -0.15) is 0 Å². The molecular weight excluding hydrogens is 315 g/mol. The Balaban J connectivity index is 1.98. The molecule has 1 heterocycles. The molecule has 1 aromatic rings. The molecule has 24 heavy (non-hydrogen) atoms. The summed E-state index contributed by atoms with van der Waals surface area (Å²) in [5.41, 5.74) is 0.619. The highest BCUT2D eigenvalue weighted by atomic mass is 19.1. The third kappa shape index (κ3) is 4.10. The van der Waals surface area contributed by atoms with Gasteiger partial charge in [-0.3, -0.25) is 14.4 Å². The van der Waals surface area contributed by atoms with Gasteiger partial charge in [0.05, 0.1) is 12.5 Å². The molecule has 1 unspecified atom stereocenters. The van der Waals surface area contributed by atoms with E-state index in [2.05, 4.69) is 0 Å². The molecule has 1 aliphatic heterocycles. The van der Waals surface area contributed by atoms with Crippen molar-refractivity contribution in [1.82, 2.24) is 9.80 Å². The first kappa shape index (κ1) is 17.9. The number of likely N-dealkylation sites (N-methyl/N-ethyl adjacent to an activating group) is 1. The highest BCUT2D eigenvalue weighted by molar-refractivity contribution is 5.96. The molecule has 1 N–H and O–H groups in total. The summed E-state index contributed by atoms with van der Waals surface area (Å²) in [4.78, 5) is 38.3. The van der Waals surface area contributed by atoms with Gasteiger partial charge in [0.15, 0.2) is 0 Å². The molecule has 7 heteroatoms. The molecule has 130 valence electrons. The number of hydrogen-bond donors (Lipinski definition) is 1. The van der Waals surface area contributed by atoms with Gasteiger partial charge in [0.25, 0.3) is 5.91 Å². The van der Waals surface area contributed by atoms with E-state index in [4.69, 9.17) is 5.11 Å². The Bertz CT molecular complexity index is 662. The predicted molar refractivity (Wildman–Crippen MR) is 85.0 cm³/mol. The number of benzene rings is 1. The number of carboxylic acid groups (broad SMARTS) is 1. The van der Waals surface area contributed by atoms with Gasteiger partial charge < -0.3 is 14.9 Å². The molecule has 1 aliphatic rings. The Hall–Kier alpha value is -2.44. The van der Waals surface area contributed by atoms with Crippen LogP contribution < -0.4 is 0 Å². The standard InChI is InChI=1S/C17H21FN2O4/c1-11-5-6-12(8-14(11)18)16(22)19(2)10-15(21)20-7-3-4-13(9-20)17(23)24/h5-6,8,13H,3-4,7,9-10H2,1-2H3,(H,23,24). The summed E-state index contributed by atoms with van der Waals surface area (Å²) in [6.45, 7) is 2.09. The molecule has 0 aliphatic carbocycles. The van der Waals surface area contributed by atoms with Crippen LogP contribution in [0.1, 0.15) is 28.8 Å².